The van der Waals surface area contributed by atoms with Gasteiger partial charge >= 0.3 is 0 Å². The predicted molar refractivity (Wildman–Crippen MR) is 251 cm³/mol. The van der Waals surface area contributed by atoms with Crippen LogP contribution in [0.3, 0.4) is 0 Å². The number of nitrogens with zero attached hydrogens (tertiary/aromatic N) is 5. The second-order valence-corrected chi connectivity index (χ2v) is 17.0. The molecule has 66 heavy (non-hydrogen) atoms. The van der Waals surface area contributed by atoms with E-state index in [2.05, 4.69) is 51.6 Å². The van der Waals surface area contributed by atoms with Gasteiger partial charge in [-0.25, -0.2) is 0 Å². The molecule has 5 rings (SSSR count). The Kier molecular flexibility index (Phi) is 19.8. The normalized spacial score (nSPS) is 17.1. The molecule has 3 atom stereocenters. The summed E-state index contributed by atoms with van der Waals surface area (Å²) in [5, 5.41) is 17.1. The third kappa shape index (κ3) is 15.6. The SMILES string of the molecule is CC(=O)NC(=O)[C@H](CCCCN)NC(=O)[C@H](C)NC(=O)[C@H](CCCN=C(N)N)NCCN1CCN(CC(=O)NC2CCN(CC(=O)N3c4ccccc4NC(=O)c4ccccc43)CC2)CC1. The van der Waals surface area contributed by atoms with Gasteiger partial charge in [-0.3, -0.25) is 63.5 Å². The van der Waals surface area contributed by atoms with Gasteiger partial charge in [0, 0.05) is 71.9 Å². The number of hydrogen-bond acceptors (Lipinski definition) is 13. The molecule has 0 unspecified atom stereocenters. The third-order valence-electron chi connectivity index (χ3n) is 11.9. The molecule has 0 aliphatic carbocycles. The molecule has 12 N–H and O–H groups in total. The summed E-state index contributed by atoms with van der Waals surface area (Å²) in [7, 11) is 0. The monoisotopic (exact) mass is 917 g/mol. The molecule has 0 aromatic heterocycles. The molecule has 0 saturated carbocycles. The summed E-state index contributed by atoms with van der Waals surface area (Å²) < 4.78 is 0. The standard InChI is InChI=1S/C45H68N14O7/c1-30(41(63)55-36(12-7-8-18-46)44(66)52-31(2)60)51-43(65)35(13-9-19-50-45(47)48)49-20-23-56-24-26-58(27-25-56)28-39(61)53-32-16-21-57(22-17-32)29-40(62)59-37-14-5-3-10-33(37)42(64)54-34-11-4-6-15-38(34)59/h3-6,10-11,14-15,30,32,35-36,49H,7-9,12-13,16-29,46H2,1-2H3,(H,51,65)(H,53,61)(H,54,64)(H,55,63)(H4,47,48,50)(H,52,60,66)/t30-,35-,36-/m0/s1. The van der Waals surface area contributed by atoms with Crippen LogP contribution in [0.2, 0.25) is 0 Å². The Labute approximate surface area is 386 Å². The van der Waals surface area contributed by atoms with Crippen molar-refractivity contribution in [2.24, 2.45) is 22.2 Å². The molecule has 3 heterocycles. The maximum atomic E-state index is 13.9. The predicted octanol–water partition coefficient (Wildman–Crippen LogP) is -1.09. The molecule has 0 radical (unpaired) electrons. The minimum atomic E-state index is -0.976. The number of carbonyl (C=O) groups excluding carboxylic acids is 7. The molecular formula is C45H68N14O7. The number of carbonyl (C=O) groups is 7. The van der Waals surface area contributed by atoms with Crippen molar-refractivity contribution in [3.63, 3.8) is 0 Å². The maximum absolute atomic E-state index is 13.9. The lowest BCUT2D eigenvalue weighted by molar-refractivity contribution is -0.134. The molecule has 21 heteroatoms. The van der Waals surface area contributed by atoms with Gasteiger partial charge in [-0.15, -0.1) is 0 Å². The van der Waals surface area contributed by atoms with E-state index < -0.39 is 41.8 Å². The van der Waals surface area contributed by atoms with Crippen molar-refractivity contribution < 1.29 is 33.6 Å². The van der Waals surface area contributed by atoms with Gasteiger partial charge in [-0.2, -0.15) is 0 Å². The first-order chi connectivity index (χ1) is 31.7. The van der Waals surface area contributed by atoms with Crippen LogP contribution in [0.1, 0.15) is 69.2 Å². The highest BCUT2D eigenvalue weighted by Gasteiger charge is 2.32. The van der Waals surface area contributed by atoms with E-state index in [1.54, 1.807) is 29.2 Å². The van der Waals surface area contributed by atoms with Crippen molar-refractivity contribution >= 4 is 64.4 Å². The maximum Gasteiger partial charge on any atom is 0.257 e. The van der Waals surface area contributed by atoms with E-state index in [0.29, 0.717) is 114 Å². The zero-order chi connectivity index (χ0) is 47.6. The number of anilines is 3. The Balaban J connectivity index is 1.02. The Morgan fingerprint density at radius 1 is 0.773 bits per heavy atom. The van der Waals surface area contributed by atoms with Gasteiger partial charge in [0.15, 0.2) is 5.96 Å². The highest BCUT2D eigenvalue weighted by Crippen LogP contribution is 2.38. The summed E-state index contributed by atoms with van der Waals surface area (Å²) in [5.41, 5.74) is 18.7. The number of imide groups is 1. The number of piperazine rings is 1. The number of fused-ring (bicyclic) bond motifs is 2. The topological polar surface area (TPSA) is 295 Å². The number of aliphatic imine (C=N–C) groups is 1. The number of nitrogens with one attached hydrogen (secondary N) is 6. The number of nitrogens with two attached hydrogens (primary N) is 3. The molecule has 7 amide bonds. The lowest BCUT2D eigenvalue weighted by atomic mass is 10.0. The second kappa shape index (κ2) is 25.6. The van der Waals surface area contributed by atoms with Crippen LogP contribution in [0.15, 0.2) is 53.5 Å². The van der Waals surface area contributed by atoms with Crippen LogP contribution in [0.4, 0.5) is 17.1 Å². The number of rotatable bonds is 22. The van der Waals surface area contributed by atoms with E-state index in [1.165, 1.54) is 13.8 Å². The highest BCUT2D eigenvalue weighted by molar-refractivity contribution is 6.18. The summed E-state index contributed by atoms with van der Waals surface area (Å²) in [6.45, 7) is 9.22. The Morgan fingerprint density at radius 3 is 2.12 bits per heavy atom. The van der Waals surface area contributed by atoms with Crippen LogP contribution in [-0.2, 0) is 28.8 Å². The second-order valence-electron chi connectivity index (χ2n) is 17.0. The molecule has 21 nitrogen and oxygen atoms in total. The average Bonchev–Trinajstić information content (AvgIpc) is 3.41. The van der Waals surface area contributed by atoms with E-state index in [1.807, 2.05) is 24.3 Å². The first-order valence-electron chi connectivity index (χ1n) is 22.9. The molecule has 0 spiro atoms. The van der Waals surface area contributed by atoms with Crippen molar-refractivity contribution in [2.75, 3.05) is 88.8 Å². The Bertz CT molecular complexity index is 2030. The number of hydrogen-bond donors (Lipinski definition) is 9. The van der Waals surface area contributed by atoms with Gasteiger partial charge in [0.1, 0.15) is 12.1 Å². The summed E-state index contributed by atoms with van der Waals surface area (Å²) in [6.07, 6.45) is 3.80. The molecular weight excluding hydrogens is 849 g/mol. The van der Waals surface area contributed by atoms with Crippen LogP contribution in [-0.4, -0.2) is 165 Å². The Morgan fingerprint density at radius 2 is 1.42 bits per heavy atom. The van der Waals surface area contributed by atoms with Gasteiger partial charge in [0.05, 0.1) is 41.8 Å². The summed E-state index contributed by atoms with van der Waals surface area (Å²) in [5.74, 6) is -2.62. The fourth-order valence-electron chi connectivity index (χ4n) is 8.29. The molecule has 3 aliphatic rings. The molecule has 2 saturated heterocycles. The average molecular weight is 917 g/mol. The van der Waals surface area contributed by atoms with Crippen molar-refractivity contribution in [1.29, 1.82) is 0 Å². The Hall–Kier alpha value is -6.00. The molecule has 360 valence electrons. The third-order valence-corrected chi connectivity index (χ3v) is 11.9. The van der Waals surface area contributed by atoms with Gasteiger partial charge in [-0.05, 0) is 82.7 Å². The highest BCUT2D eigenvalue weighted by atomic mass is 16.2. The fraction of sp³-hybridized carbons (Fsp3) is 0.556. The van der Waals surface area contributed by atoms with Crippen LogP contribution < -0.4 is 54.0 Å². The van der Waals surface area contributed by atoms with Crippen LogP contribution in [0.5, 0.6) is 0 Å². The number of piperidine rings is 1. The number of para-hydroxylation sites is 3. The summed E-state index contributed by atoms with van der Waals surface area (Å²) >= 11 is 0. The van der Waals surface area contributed by atoms with Gasteiger partial charge < -0.3 is 43.8 Å². The fourth-order valence-corrected chi connectivity index (χ4v) is 8.29. The van der Waals surface area contributed by atoms with Crippen LogP contribution >= 0.6 is 0 Å². The zero-order valence-electron chi connectivity index (χ0n) is 38.2. The largest absolute Gasteiger partial charge is 0.370 e. The van der Waals surface area contributed by atoms with Crippen LogP contribution in [0, 0.1) is 0 Å². The molecule has 0 bridgehead atoms. The lowest BCUT2D eigenvalue weighted by Gasteiger charge is -2.36. The van der Waals surface area contributed by atoms with Crippen molar-refractivity contribution in [1.82, 2.24) is 41.3 Å². The van der Waals surface area contributed by atoms with Crippen LogP contribution in [0.25, 0.3) is 0 Å². The van der Waals surface area contributed by atoms with Crippen molar-refractivity contribution in [3.05, 3.63) is 54.1 Å². The number of likely N-dealkylation sites (tertiary alicyclic amines) is 1. The zero-order valence-corrected chi connectivity index (χ0v) is 38.2. The van der Waals surface area contributed by atoms with E-state index in [0.717, 1.165) is 13.1 Å². The number of guanidine groups is 1. The summed E-state index contributed by atoms with van der Waals surface area (Å²) in [6, 6.07) is 11.8. The first kappa shape index (κ1) is 51.0. The number of benzene rings is 2. The number of amides is 7. The molecule has 2 aromatic carbocycles. The van der Waals surface area contributed by atoms with Gasteiger partial charge in [-0.1, -0.05) is 24.3 Å². The van der Waals surface area contributed by atoms with Gasteiger partial charge in [0.25, 0.3) is 5.91 Å². The van der Waals surface area contributed by atoms with Crippen molar-refractivity contribution in [2.45, 2.75) is 83.0 Å². The van der Waals surface area contributed by atoms with E-state index in [-0.39, 0.29) is 49.2 Å². The number of unbranched alkanes of at least 4 members (excludes halogenated alkanes) is 1. The summed E-state index contributed by atoms with van der Waals surface area (Å²) in [4.78, 5) is 103. The minimum absolute atomic E-state index is 0.00212. The smallest absolute Gasteiger partial charge is 0.257 e. The lowest BCUT2D eigenvalue weighted by Crippen LogP contribution is -2.56. The van der Waals surface area contributed by atoms with E-state index in [4.69, 9.17) is 17.2 Å². The van der Waals surface area contributed by atoms with E-state index >= 15 is 0 Å². The van der Waals surface area contributed by atoms with E-state index in [9.17, 15) is 33.6 Å². The first-order valence-corrected chi connectivity index (χ1v) is 22.9. The quantitative estimate of drug-likeness (QED) is 0.0386. The minimum Gasteiger partial charge on any atom is -0.370 e. The molecule has 2 fully saturated rings. The van der Waals surface area contributed by atoms with Crippen molar-refractivity contribution in [3.8, 4) is 0 Å². The molecule has 3 aliphatic heterocycles. The molecule has 2 aromatic rings. The van der Waals surface area contributed by atoms with Gasteiger partial charge in [0.2, 0.25) is 35.4 Å².